The Bertz CT molecular complexity index is 836. The minimum atomic E-state index is -1.06. The van der Waals surface area contributed by atoms with Gasteiger partial charge in [0.15, 0.2) is 11.5 Å². The first-order valence-corrected chi connectivity index (χ1v) is 8.23. The van der Waals surface area contributed by atoms with E-state index in [9.17, 15) is 15.0 Å². The number of carbonyl (C=O) groups is 1. The lowest BCUT2D eigenvalue weighted by molar-refractivity contribution is 0.0693. The Hall–Kier alpha value is -2.85. The molecule has 4 heteroatoms. The summed E-state index contributed by atoms with van der Waals surface area (Å²) < 4.78 is 5.79. The molecule has 0 fully saturated rings. The number of aliphatic hydroxyl groups is 2. The van der Waals surface area contributed by atoms with E-state index in [1.807, 2.05) is 13.0 Å². The third kappa shape index (κ3) is 3.64. The summed E-state index contributed by atoms with van der Waals surface area (Å²) in [7, 11) is 0. The first kappa shape index (κ1) is 17.0. The lowest BCUT2D eigenvalue weighted by Gasteiger charge is -2.27. The van der Waals surface area contributed by atoms with Gasteiger partial charge in [-0.05, 0) is 30.7 Å². The van der Waals surface area contributed by atoms with E-state index in [-0.39, 0.29) is 23.7 Å². The summed E-state index contributed by atoms with van der Waals surface area (Å²) in [5, 5.41) is 20.4. The molecule has 0 saturated heterocycles. The Balaban J connectivity index is 1.89. The third-order valence-corrected chi connectivity index (χ3v) is 4.30. The minimum absolute atomic E-state index is 0.0335. The molecule has 2 N–H and O–H groups in total. The van der Waals surface area contributed by atoms with Gasteiger partial charge in [0.05, 0.1) is 11.2 Å². The lowest BCUT2D eigenvalue weighted by atomic mass is 9.91. The van der Waals surface area contributed by atoms with E-state index in [1.165, 1.54) is 0 Å². The number of allylic oxidation sites excluding steroid dienone is 1. The summed E-state index contributed by atoms with van der Waals surface area (Å²) in [6.45, 7) is 1.84. The van der Waals surface area contributed by atoms with Crippen LogP contribution in [-0.4, -0.2) is 21.6 Å². The zero-order valence-electron chi connectivity index (χ0n) is 14.0. The molecule has 3 rings (SSSR count). The normalized spacial score (nSPS) is 19.8. The first-order valence-electron chi connectivity index (χ1n) is 8.23. The maximum atomic E-state index is 12.7. The molecular weight excluding hydrogens is 316 g/mol. The molecule has 0 heterocycles. The molecule has 0 aliphatic heterocycles. The standard InChI is InChI=1S/C21H20O4/c1-2-21(24)13-12-19(17(22)14-21)25-18-11-7-6-10-16(18)20(23)15-8-4-3-5-9-15/h3-13,22,24H,2,14H2,1H3. The lowest BCUT2D eigenvalue weighted by Crippen LogP contribution is -2.28. The Labute approximate surface area is 146 Å². The number of aliphatic hydroxyl groups excluding tert-OH is 1. The van der Waals surface area contributed by atoms with E-state index >= 15 is 0 Å². The van der Waals surface area contributed by atoms with Crippen LogP contribution >= 0.6 is 0 Å². The van der Waals surface area contributed by atoms with Crippen molar-refractivity contribution in [2.45, 2.75) is 25.4 Å². The molecule has 1 unspecified atom stereocenters. The van der Waals surface area contributed by atoms with Crippen molar-refractivity contribution in [2.24, 2.45) is 0 Å². The molecular formula is C21H20O4. The van der Waals surface area contributed by atoms with Crippen molar-refractivity contribution in [3.05, 3.63) is 89.4 Å². The van der Waals surface area contributed by atoms with Crippen LogP contribution in [-0.2, 0) is 0 Å². The number of carbonyl (C=O) groups excluding carboxylic acids is 1. The molecule has 0 bridgehead atoms. The molecule has 0 aromatic heterocycles. The van der Waals surface area contributed by atoms with Crippen molar-refractivity contribution >= 4 is 5.78 Å². The van der Waals surface area contributed by atoms with Crippen LogP contribution in [0.3, 0.4) is 0 Å². The predicted molar refractivity (Wildman–Crippen MR) is 95.6 cm³/mol. The van der Waals surface area contributed by atoms with Crippen molar-refractivity contribution in [1.29, 1.82) is 0 Å². The number of rotatable bonds is 5. The quantitative estimate of drug-likeness (QED) is 0.804. The summed E-state index contributed by atoms with van der Waals surface area (Å²) in [6.07, 6.45) is 3.74. The minimum Gasteiger partial charge on any atom is -0.508 e. The van der Waals surface area contributed by atoms with Gasteiger partial charge >= 0.3 is 0 Å². The van der Waals surface area contributed by atoms with Crippen LogP contribution in [0.4, 0.5) is 0 Å². The number of ketones is 1. The maximum absolute atomic E-state index is 12.7. The predicted octanol–water partition coefficient (Wildman–Crippen LogP) is 4.17. The van der Waals surface area contributed by atoms with Gasteiger partial charge in [0.1, 0.15) is 11.5 Å². The Morgan fingerprint density at radius 3 is 2.48 bits per heavy atom. The summed E-state index contributed by atoms with van der Waals surface area (Å²) in [5.41, 5.74) is -0.0777. The number of ether oxygens (including phenoxy) is 1. The highest BCUT2D eigenvalue weighted by Crippen LogP contribution is 2.31. The van der Waals surface area contributed by atoms with Crippen LogP contribution < -0.4 is 4.74 Å². The number of para-hydroxylation sites is 1. The molecule has 1 aliphatic rings. The molecule has 0 amide bonds. The average molecular weight is 336 g/mol. The first-order chi connectivity index (χ1) is 12.0. The molecule has 128 valence electrons. The number of hydrogen-bond acceptors (Lipinski definition) is 4. The topological polar surface area (TPSA) is 66.8 Å². The van der Waals surface area contributed by atoms with Gasteiger partial charge in [-0.2, -0.15) is 0 Å². The number of hydrogen-bond donors (Lipinski definition) is 2. The summed E-state index contributed by atoms with van der Waals surface area (Å²) in [4.78, 5) is 12.7. The van der Waals surface area contributed by atoms with Crippen LogP contribution in [0.5, 0.6) is 5.75 Å². The molecule has 0 radical (unpaired) electrons. The fraction of sp³-hybridized carbons (Fsp3) is 0.190. The monoisotopic (exact) mass is 336 g/mol. The van der Waals surface area contributed by atoms with E-state index in [0.717, 1.165) is 0 Å². The zero-order chi connectivity index (χ0) is 17.9. The fourth-order valence-corrected chi connectivity index (χ4v) is 2.71. The molecule has 4 nitrogen and oxygen atoms in total. The van der Waals surface area contributed by atoms with E-state index in [0.29, 0.717) is 23.3 Å². The van der Waals surface area contributed by atoms with Crippen molar-refractivity contribution in [3.8, 4) is 5.75 Å². The van der Waals surface area contributed by atoms with Crippen LogP contribution in [0.25, 0.3) is 0 Å². The van der Waals surface area contributed by atoms with Gasteiger partial charge in [-0.25, -0.2) is 0 Å². The van der Waals surface area contributed by atoms with Gasteiger partial charge in [-0.1, -0.05) is 49.4 Å². The second-order valence-corrected chi connectivity index (χ2v) is 6.07. The second-order valence-electron chi connectivity index (χ2n) is 6.07. The average Bonchev–Trinajstić information content (AvgIpc) is 2.65. The Morgan fingerprint density at radius 2 is 1.80 bits per heavy atom. The summed E-state index contributed by atoms with van der Waals surface area (Å²) in [6, 6.07) is 15.9. The molecule has 2 aromatic rings. The molecule has 1 aliphatic carbocycles. The van der Waals surface area contributed by atoms with E-state index in [2.05, 4.69) is 0 Å². The highest BCUT2D eigenvalue weighted by Gasteiger charge is 2.29. The van der Waals surface area contributed by atoms with Gasteiger partial charge < -0.3 is 14.9 Å². The van der Waals surface area contributed by atoms with E-state index in [4.69, 9.17) is 4.74 Å². The van der Waals surface area contributed by atoms with Crippen LogP contribution in [0.15, 0.2) is 78.3 Å². The fourth-order valence-electron chi connectivity index (χ4n) is 2.71. The second kappa shape index (κ2) is 6.95. The summed E-state index contributed by atoms with van der Waals surface area (Å²) in [5.74, 6) is 0.422. The molecule has 0 spiro atoms. The maximum Gasteiger partial charge on any atom is 0.196 e. The van der Waals surface area contributed by atoms with E-state index < -0.39 is 5.60 Å². The number of benzene rings is 2. The Morgan fingerprint density at radius 1 is 1.12 bits per heavy atom. The van der Waals surface area contributed by atoms with Gasteiger partial charge in [0.25, 0.3) is 0 Å². The zero-order valence-corrected chi connectivity index (χ0v) is 14.0. The molecule has 2 aromatic carbocycles. The van der Waals surface area contributed by atoms with Crippen molar-refractivity contribution in [2.75, 3.05) is 0 Å². The third-order valence-electron chi connectivity index (χ3n) is 4.30. The van der Waals surface area contributed by atoms with E-state index in [1.54, 1.807) is 60.7 Å². The van der Waals surface area contributed by atoms with Crippen LogP contribution in [0, 0.1) is 0 Å². The van der Waals surface area contributed by atoms with Gasteiger partial charge in [-0.3, -0.25) is 4.79 Å². The van der Waals surface area contributed by atoms with Crippen LogP contribution in [0.1, 0.15) is 35.7 Å². The van der Waals surface area contributed by atoms with Crippen molar-refractivity contribution in [1.82, 2.24) is 0 Å². The SMILES string of the molecule is CCC1(O)C=CC(Oc2ccccc2C(=O)c2ccccc2)=C(O)C1. The Kier molecular flexibility index (Phi) is 4.72. The molecule has 1 atom stereocenters. The van der Waals surface area contributed by atoms with Crippen molar-refractivity contribution in [3.63, 3.8) is 0 Å². The van der Waals surface area contributed by atoms with Gasteiger partial charge in [-0.15, -0.1) is 0 Å². The highest BCUT2D eigenvalue weighted by molar-refractivity contribution is 6.10. The van der Waals surface area contributed by atoms with Crippen LogP contribution in [0.2, 0.25) is 0 Å². The largest absolute Gasteiger partial charge is 0.508 e. The van der Waals surface area contributed by atoms with Gasteiger partial charge in [0, 0.05) is 12.0 Å². The summed E-state index contributed by atoms with van der Waals surface area (Å²) >= 11 is 0. The highest BCUT2D eigenvalue weighted by atomic mass is 16.5. The smallest absolute Gasteiger partial charge is 0.196 e. The molecule has 0 saturated carbocycles. The van der Waals surface area contributed by atoms with Crippen molar-refractivity contribution < 1.29 is 19.7 Å². The van der Waals surface area contributed by atoms with Gasteiger partial charge in [0.2, 0.25) is 0 Å². The molecule has 25 heavy (non-hydrogen) atoms.